The Hall–Kier alpha value is -2.08. The molecule has 0 aliphatic heterocycles. The van der Waals surface area contributed by atoms with Crippen molar-refractivity contribution in [2.75, 3.05) is 0 Å². The van der Waals surface area contributed by atoms with Crippen LogP contribution in [0.4, 0.5) is 0 Å². The van der Waals surface area contributed by atoms with Gasteiger partial charge in [0, 0.05) is 0 Å². The number of benzene rings is 1. The summed E-state index contributed by atoms with van der Waals surface area (Å²) in [5, 5.41) is 3.59. The normalized spacial score (nSPS) is 13.0. The predicted molar refractivity (Wildman–Crippen MR) is 65.3 cm³/mol. The topological polar surface area (TPSA) is 103 Å². The Bertz CT molecular complexity index is 414. The molecule has 6 nitrogen and oxygen atoms in total. The number of carbonyl (C=O) groups excluding carboxylic acids is 1. The predicted octanol–water partition coefficient (Wildman–Crippen LogP) is 0.127. The van der Waals surface area contributed by atoms with Crippen LogP contribution in [-0.2, 0) is 4.79 Å². The van der Waals surface area contributed by atoms with Gasteiger partial charge in [-0.2, -0.15) is 5.10 Å². The number of hydrogen-bond acceptors (Lipinski definition) is 5. The fraction of sp³-hybridized carbons (Fsp3) is 0.273. The zero-order chi connectivity index (χ0) is 12.8. The van der Waals surface area contributed by atoms with Gasteiger partial charge in [-0.15, -0.1) is 0 Å². The summed E-state index contributed by atoms with van der Waals surface area (Å²) >= 11 is 0. The second kappa shape index (κ2) is 5.86. The second-order valence-electron chi connectivity index (χ2n) is 3.51. The van der Waals surface area contributed by atoms with Crippen LogP contribution < -0.4 is 21.8 Å². The molecule has 1 atom stereocenters. The van der Waals surface area contributed by atoms with E-state index in [2.05, 4.69) is 5.10 Å². The molecular weight excluding hydrogens is 220 g/mol. The molecule has 1 aromatic carbocycles. The maximum Gasteiger partial charge on any atom is 0.274 e. The fourth-order valence-electron chi connectivity index (χ4n) is 1.22. The molecule has 1 aromatic rings. The van der Waals surface area contributed by atoms with Gasteiger partial charge >= 0.3 is 0 Å². The second-order valence-corrected chi connectivity index (χ2v) is 3.51. The first-order chi connectivity index (χ1) is 8.08. The number of hydrazone groups is 1. The molecule has 0 fully saturated rings. The van der Waals surface area contributed by atoms with Crippen molar-refractivity contribution in [3.63, 3.8) is 0 Å². The van der Waals surface area contributed by atoms with Crippen molar-refractivity contribution in [1.29, 1.82) is 0 Å². The molecule has 1 amide bonds. The van der Waals surface area contributed by atoms with E-state index in [0.717, 1.165) is 11.3 Å². The van der Waals surface area contributed by atoms with Gasteiger partial charge in [0.1, 0.15) is 5.75 Å². The van der Waals surface area contributed by atoms with E-state index in [4.69, 9.17) is 16.4 Å². The monoisotopic (exact) mass is 236 g/mol. The average molecular weight is 236 g/mol. The van der Waals surface area contributed by atoms with Gasteiger partial charge in [-0.05, 0) is 43.7 Å². The van der Waals surface area contributed by atoms with Crippen LogP contribution in [0, 0.1) is 0 Å². The van der Waals surface area contributed by atoms with Crippen LogP contribution in [0.25, 0.3) is 0 Å². The van der Waals surface area contributed by atoms with Crippen molar-refractivity contribution in [3.05, 3.63) is 29.8 Å². The Morgan fingerprint density at radius 1 is 1.41 bits per heavy atom. The molecule has 0 unspecified atom stereocenters. The Balaban J connectivity index is 2.72. The number of hydrazine groups is 1. The van der Waals surface area contributed by atoms with Crippen molar-refractivity contribution in [2.45, 2.75) is 20.0 Å². The first-order valence-electron chi connectivity index (χ1n) is 5.10. The van der Waals surface area contributed by atoms with Crippen LogP contribution in [0.2, 0.25) is 0 Å². The summed E-state index contributed by atoms with van der Waals surface area (Å²) in [6.07, 6.45) is -0.643. The Labute approximate surface area is 99.6 Å². The van der Waals surface area contributed by atoms with Gasteiger partial charge in [0.2, 0.25) is 0 Å². The molecule has 0 radical (unpaired) electrons. The van der Waals surface area contributed by atoms with E-state index in [9.17, 15) is 4.79 Å². The molecule has 1 rings (SSSR count). The highest BCUT2D eigenvalue weighted by Crippen LogP contribution is 2.14. The third kappa shape index (κ3) is 3.46. The van der Waals surface area contributed by atoms with Gasteiger partial charge in [-0.3, -0.25) is 10.2 Å². The summed E-state index contributed by atoms with van der Waals surface area (Å²) < 4.78 is 5.37. The standard InChI is InChI=1S/C11H16N4O2/c1-7(14-12)9-3-5-10(6-4-9)17-8(2)11(16)15-13/h3-6,8H,12-13H2,1-2H3,(H,15,16)/b14-7-/t8-/m0/s1. The number of hydrogen-bond donors (Lipinski definition) is 3. The molecule has 0 saturated heterocycles. The van der Waals surface area contributed by atoms with Gasteiger partial charge in [0.25, 0.3) is 5.91 Å². The van der Waals surface area contributed by atoms with Gasteiger partial charge in [0.05, 0.1) is 5.71 Å². The third-order valence-corrected chi connectivity index (χ3v) is 2.29. The maximum atomic E-state index is 11.1. The van der Waals surface area contributed by atoms with E-state index < -0.39 is 6.10 Å². The number of nitrogens with zero attached hydrogens (tertiary/aromatic N) is 1. The smallest absolute Gasteiger partial charge is 0.274 e. The molecule has 5 N–H and O–H groups in total. The minimum absolute atomic E-state index is 0.381. The number of ether oxygens (including phenoxy) is 1. The molecule has 0 bridgehead atoms. The minimum Gasteiger partial charge on any atom is -0.481 e. The van der Waals surface area contributed by atoms with Crippen molar-refractivity contribution in [3.8, 4) is 5.75 Å². The lowest BCUT2D eigenvalue weighted by Crippen LogP contribution is -2.40. The molecule has 92 valence electrons. The van der Waals surface area contributed by atoms with E-state index >= 15 is 0 Å². The summed E-state index contributed by atoms with van der Waals surface area (Å²) in [7, 11) is 0. The summed E-state index contributed by atoms with van der Waals surface area (Å²) in [6, 6.07) is 7.11. The summed E-state index contributed by atoms with van der Waals surface area (Å²) in [5.41, 5.74) is 3.65. The lowest BCUT2D eigenvalue weighted by Gasteiger charge is -2.13. The average Bonchev–Trinajstić information content (AvgIpc) is 2.37. The lowest BCUT2D eigenvalue weighted by molar-refractivity contribution is -0.127. The number of nitrogens with two attached hydrogens (primary N) is 2. The van der Waals surface area contributed by atoms with Crippen LogP contribution >= 0.6 is 0 Å². The van der Waals surface area contributed by atoms with Crippen LogP contribution in [0.15, 0.2) is 29.4 Å². The molecule has 6 heteroatoms. The molecular formula is C11H16N4O2. The number of amides is 1. The van der Waals surface area contributed by atoms with E-state index in [0.29, 0.717) is 5.75 Å². The van der Waals surface area contributed by atoms with Crippen LogP contribution in [0.3, 0.4) is 0 Å². The third-order valence-electron chi connectivity index (χ3n) is 2.29. The highest BCUT2D eigenvalue weighted by molar-refractivity contribution is 5.98. The van der Waals surface area contributed by atoms with Gasteiger partial charge in [0.15, 0.2) is 6.10 Å². The molecule has 0 aromatic heterocycles. The highest BCUT2D eigenvalue weighted by atomic mass is 16.5. The number of rotatable bonds is 4. The van der Waals surface area contributed by atoms with E-state index in [1.54, 1.807) is 26.0 Å². The van der Waals surface area contributed by atoms with E-state index in [1.165, 1.54) is 0 Å². The van der Waals surface area contributed by atoms with Crippen LogP contribution in [0.5, 0.6) is 5.75 Å². The lowest BCUT2D eigenvalue weighted by atomic mass is 10.1. The number of carbonyl (C=O) groups is 1. The molecule has 0 aliphatic carbocycles. The minimum atomic E-state index is -0.643. The summed E-state index contributed by atoms with van der Waals surface area (Å²) in [4.78, 5) is 11.1. The molecule has 0 aliphatic rings. The van der Waals surface area contributed by atoms with Crippen molar-refractivity contribution >= 4 is 11.6 Å². The largest absolute Gasteiger partial charge is 0.481 e. The zero-order valence-corrected chi connectivity index (χ0v) is 9.81. The molecule has 0 spiro atoms. The Morgan fingerprint density at radius 3 is 2.47 bits per heavy atom. The van der Waals surface area contributed by atoms with E-state index in [1.807, 2.05) is 17.6 Å². The maximum absolute atomic E-state index is 11.1. The fourth-order valence-corrected chi connectivity index (χ4v) is 1.22. The molecule has 0 heterocycles. The van der Waals surface area contributed by atoms with Crippen LogP contribution in [0.1, 0.15) is 19.4 Å². The van der Waals surface area contributed by atoms with E-state index in [-0.39, 0.29) is 5.91 Å². The van der Waals surface area contributed by atoms with Crippen molar-refractivity contribution in [2.24, 2.45) is 16.8 Å². The van der Waals surface area contributed by atoms with Gasteiger partial charge in [-0.1, -0.05) is 0 Å². The first-order valence-corrected chi connectivity index (χ1v) is 5.10. The first kappa shape index (κ1) is 13.0. The summed E-state index contributed by atoms with van der Waals surface area (Å²) in [6.45, 7) is 3.42. The molecule has 0 saturated carbocycles. The zero-order valence-electron chi connectivity index (χ0n) is 9.81. The van der Waals surface area contributed by atoms with Crippen molar-refractivity contribution in [1.82, 2.24) is 5.43 Å². The Kier molecular flexibility index (Phi) is 4.47. The Morgan fingerprint density at radius 2 is 2.00 bits per heavy atom. The summed E-state index contributed by atoms with van der Waals surface area (Å²) in [5.74, 6) is 10.4. The quantitative estimate of drug-likeness (QED) is 0.299. The van der Waals surface area contributed by atoms with Crippen molar-refractivity contribution < 1.29 is 9.53 Å². The van der Waals surface area contributed by atoms with Gasteiger partial charge in [-0.25, -0.2) is 5.84 Å². The van der Waals surface area contributed by atoms with Gasteiger partial charge < -0.3 is 10.6 Å². The highest BCUT2D eigenvalue weighted by Gasteiger charge is 2.12. The van der Waals surface area contributed by atoms with Crippen LogP contribution in [-0.4, -0.2) is 17.7 Å². The number of nitrogens with one attached hydrogen (secondary N) is 1. The molecule has 17 heavy (non-hydrogen) atoms. The SMILES string of the molecule is C/C(=N/N)c1ccc(O[C@@H](C)C(=O)NN)cc1.